The summed E-state index contributed by atoms with van der Waals surface area (Å²) in [4.78, 5) is 42.1. The van der Waals surface area contributed by atoms with Crippen LogP contribution in [-0.4, -0.2) is 58.2 Å². The molecule has 2 fully saturated rings. The van der Waals surface area contributed by atoms with Crippen LogP contribution in [0.25, 0.3) is 0 Å². The van der Waals surface area contributed by atoms with Gasteiger partial charge in [0.15, 0.2) is 5.78 Å². The molecular weight excluding hydrogens is 416 g/mol. The van der Waals surface area contributed by atoms with Crippen molar-refractivity contribution in [2.75, 3.05) is 19.6 Å². The smallest absolute Gasteiger partial charge is 0.227 e. The third kappa shape index (κ3) is 3.84. The fourth-order valence-electron chi connectivity index (χ4n) is 5.19. The molecule has 0 aromatic heterocycles. The van der Waals surface area contributed by atoms with Crippen molar-refractivity contribution < 1.29 is 19.1 Å². The van der Waals surface area contributed by atoms with Crippen molar-refractivity contribution in [3.8, 4) is 5.75 Å². The summed E-state index contributed by atoms with van der Waals surface area (Å²) in [6, 6.07) is 1.85. The topological polar surface area (TPSA) is 66.9 Å². The molecule has 1 aromatic rings. The predicted octanol–water partition coefficient (Wildman–Crippen LogP) is 3.93. The van der Waals surface area contributed by atoms with Crippen LogP contribution in [0.15, 0.2) is 6.07 Å². The summed E-state index contributed by atoms with van der Waals surface area (Å²) < 4.78 is 6.40. The highest BCUT2D eigenvalue weighted by molar-refractivity contribution is 6.32. The first-order valence-corrected chi connectivity index (χ1v) is 11.4. The summed E-state index contributed by atoms with van der Waals surface area (Å²) in [6.45, 7) is 11.3. The average molecular weight is 447 g/mol. The Morgan fingerprint density at radius 2 is 1.84 bits per heavy atom. The summed E-state index contributed by atoms with van der Waals surface area (Å²) in [6.07, 6.45) is 1.80. The van der Waals surface area contributed by atoms with Crippen molar-refractivity contribution in [1.82, 2.24) is 9.80 Å². The van der Waals surface area contributed by atoms with Crippen molar-refractivity contribution in [2.45, 2.75) is 71.4 Å². The molecule has 2 amide bonds. The van der Waals surface area contributed by atoms with Gasteiger partial charge in [0, 0.05) is 49.5 Å². The van der Waals surface area contributed by atoms with Gasteiger partial charge in [0.25, 0.3) is 0 Å². The summed E-state index contributed by atoms with van der Waals surface area (Å²) >= 11 is 6.34. The molecule has 2 saturated heterocycles. The number of fused-ring (bicyclic) bond motifs is 1. The predicted molar refractivity (Wildman–Crippen MR) is 119 cm³/mol. The van der Waals surface area contributed by atoms with Crippen LogP contribution in [0, 0.1) is 19.8 Å². The van der Waals surface area contributed by atoms with Crippen LogP contribution in [-0.2, 0) is 9.59 Å². The van der Waals surface area contributed by atoms with Gasteiger partial charge < -0.3 is 14.5 Å². The first-order valence-electron chi connectivity index (χ1n) is 11.0. The number of carbonyl (C=O) groups is 3. The van der Waals surface area contributed by atoms with Crippen LogP contribution in [0.4, 0.5) is 0 Å². The molecule has 1 atom stereocenters. The molecule has 4 rings (SSSR count). The standard InChI is InChI=1S/C24H31ClN2O4/c1-14-10-18-20(15(2)21(14)25)17(28)12-24(31-18)6-8-26(9-7-24)22(30)16-11-19(29)27(13-16)23(3,4)5/h10,16H,6-9,11-13H2,1-5H3. The van der Waals surface area contributed by atoms with Gasteiger partial charge in [0.05, 0.1) is 17.9 Å². The Bertz CT molecular complexity index is 957. The number of Topliss-reactive ketones (excluding diaryl/α,β-unsaturated/α-hetero) is 1. The lowest BCUT2D eigenvalue weighted by atomic mass is 9.81. The molecule has 1 aromatic carbocycles. The summed E-state index contributed by atoms with van der Waals surface area (Å²) in [7, 11) is 0. The largest absolute Gasteiger partial charge is 0.486 e. The highest BCUT2D eigenvalue weighted by Gasteiger charge is 2.46. The van der Waals surface area contributed by atoms with Crippen LogP contribution in [0.2, 0.25) is 5.02 Å². The molecule has 3 heterocycles. The average Bonchev–Trinajstić information content (AvgIpc) is 3.08. The van der Waals surface area contributed by atoms with Crippen LogP contribution in [0.3, 0.4) is 0 Å². The minimum atomic E-state index is -0.573. The van der Waals surface area contributed by atoms with E-state index >= 15 is 0 Å². The summed E-state index contributed by atoms with van der Waals surface area (Å²) in [5, 5.41) is 0.613. The molecule has 1 unspecified atom stereocenters. The van der Waals surface area contributed by atoms with E-state index in [2.05, 4.69) is 0 Å². The molecule has 31 heavy (non-hydrogen) atoms. The van der Waals surface area contributed by atoms with E-state index in [4.69, 9.17) is 16.3 Å². The van der Waals surface area contributed by atoms with E-state index in [0.717, 1.165) is 11.1 Å². The molecule has 7 heteroatoms. The van der Waals surface area contributed by atoms with E-state index in [1.165, 1.54) is 0 Å². The molecule has 0 saturated carbocycles. The van der Waals surface area contributed by atoms with Crippen LogP contribution >= 0.6 is 11.6 Å². The number of ether oxygens (including phenoxy) is 1. The SMILES string of the molecule is Cc1cc2c(c(C)c1Cl)C(=O)CC1(CCN(C(=O)C3CC(=O)N(C(C)(C)C)C3)CC1)O2. The van der Waals surface area contributed by atoms with Gasteiger partial charge in [-0.15, -0.1) is 0 Å². The molecule has 3 aliphatic rings. The first kappa shape index (κ1) is 22.1. The van der Waals surface area contributed by atoms with Gasteiger partial charge in [-0.3, -0.25) is 14.4 Å². The second-order valence-electron chi connectivity index (χ2n) is 10.3. The molecule has 0 bridgehead atoms. The number of hydrogen-bond donors (Lipinski definition) is 0. The molecule has 6 nitrogen and oxygen atoms in total. The zero-order valence-electron chi connectivity index (χ0n) is 19.0. The monoisotopic (exact) mass is 446 g/mol. The minimum Gasteiger partial charge on any atom is -0.486 e. The molecule has 168 valence electrons. The number of likely N-dealkylation sites (tertiary alicyclic amines) is 2. The van der Waals surface area contributed by atoms with Crippen molar-refractivity contribution in [2.24, 2.45) is 5.92 Å². The molecule has 1 spiro atoms. The van der Waals surface area contributed by atoms with Gasteiger partial charge in [-0.1, -0.05) is 11.6 Å². The number of piperidine rings is 1. The molecular formula is C24H31ClN2O4. The van der Waals surface area contributed by atoms with E-state index in [9.17, 15) is 14.4 Å². The second kappa shape index (κ2) is 7.51. The number of aryl methyl sites for hydroxylation is 1. The zero-order chi connectivity index (χ0) is 22.7. The van der Waals surface area contributed by atoms with Crippen molar-refractivity contribution in [1.29, 1.82) is 0 Å². The normalized spacial score (nSPS) is 23.2. The Kier molecular flexibility index (Phi) is 5.36. The number of nitrogens with zero attached hydrogens (tertiary/aromatic N) is 2. The van der Waals surface area contributed by atoms with Crippen molar-refractivity contribution in [3.63, 3.8) is 0 Å². The number of halogens is 1. The van der Waals surface area contributed by atoms with Gasteiger partial charge >= 0.3 is 0 Å². The van der Waals surface area contributed by atoms with E-state index in [1.54, 1.807) is 4.90 Å². The maximum Gasteiger partial charge on any atom is 0.227 e. The number of carbonyl (C=O) groups excluding carboxylic acids is 3. The number of amides is 2. The summed E-state index contributed by atoms with van der Waals surface area (Å²) in [5.74, 6) is 0.459. The maximum absolute atomic E-state index is 13.1. The number of hydrogen-bond acceptors (Lipinski definition) is 4. The zero-order valence-corrected chi connectivity index (χ0v) is 19.8. The number of benzene rings is 1. The molecule has 3 aliphatic heterocycles. The second-order valence-corrected chi connectivity index (χ2v) is 10.7. The highest BCUT2D eigenvalue weighted by Crippen LogP contribution is 2.43. The third-order valence-corrected chi connectivity index (χ3v) is 7.58. The van der Waals surface area contributed by atoms with Crippen LogP contribution in [0.1, 0.15) is 67.9 Å². The molecule has 0 aliphatic carbocycles. The van der Waals surface area contributed by atoms with E-state index in [1.807, 2.05) is 45.6 Å². The Labute approximate surface area is 188 Å². The Balaban J connectivity index is 1.45. The van der Waals surface area contributed by atoms with E-state index in [-0.39, 0.29) is 35.5 Å². The first-order chi connectivity index (χ1) is 14.4. The molecule has 0 radical (unpaired) electrons. The van der Waals surface area contributed by atoms with Gasteiger partial charge in [-0.2, -0.15) is 0 Å². The lowest BCUT2D eigenvalue weighted by Gasteiger charge is -2.44. The van der Waals surface area contributed by atoms with Gasteiger partial charge in [-0.25, -0.2) is 0 Å². The Morgan fingerprint density at radius 1 is 1.19 bits per heavy atom. The van der Waals surface area contributed by atoms with Gasteiger partial charge in [0.1, 0.15) is 11.4 Å². The number of ketones is 1. The van der Waals surface area contributed by atoms with Crippen molar-refractivity contribution >= 4 is 29.2 Å². The Morgan fingerprint density at radius 3 is 2.42 bits per heavy atom. The third-order valence-electron chi connectivity index (χ3n) is 7.00. The molecule has 0 N–H and O–H groups in total. The highest BCUT2D eigenvalue weighted by atomic mass is 35.5. The van der Waals surface area contributed by atoms with Crippen LogP contribution < -0.4 is 4.74 Å². The quantitative estimate of drug-likeness (QED) is 0.655. The van der Waals surface area contributed by atoms with E-state index in [0.29, 0.717) is 55.2 Å². The lowest BCUT2D eigenvalue weighted by Crippen LogP contribution is -2.53. The van der Waals surface area contributed by atoms with Crippen LogP contribution in [0.5, 0.6) is 5.75 Å². The van der Waals surface area contributed by atoms with Gasteiger partial charge in [-0.05, 0) is 51.8 Å². The maximum atomic E-state index is 13.1. The fraction of sp³-hybridized carbons (Fsp3) is 0.625. The lowest BCUT2D eigenvalue weighted by molar-refractivity contribution is -0.139. The van der Waals surface area contributed by atoms with E-state index < -0.39 is 5.60 Å². The minimum absolute atomic E-state index is 0.0379. The van der Waals surface area contributed by atoms with Crippen molar-refractivity contribution in [3.05, 3.63) is 27.8 Å². The Hall–Kier alpha value is -2.08. The number of rotatable bonds is 1. The fourth-order valence-corrected chi connectivity index (χ4v) is 5.34. The summed E-state index contributed by atoms with van der Waals surface area (Å²) in [5.41, 5.74) is 1.41. The van der Waals surface area contributed by atoms with Gasteiger partial charge in [0.2, 0.25) is 11.8 Å².